The molecular formula is C19H30N2O2. The molecule has 0 aliphatic carbocycles. The molecular weight excluding hydrogens is 288 g/mol. The topological polar surface area (TPSA) is 41.6 Å². The van der Waals surface area contributed by atoms with E-state index in [0.717, 1.165) is 38.2 Å². The molecule has 0 saturated carbocycles. The van der Waals surface area contributed by atoms with Gasteiger partial charge in [-0.15, -0.1) is 0 Å². The Kier molecular flexibility index (Phi) is 6.05. The van der Waals surface area contributed by atoms with Crippen LogP contribution >= 0.6 is 0 Å². The van der Waals surface area contributed by atoms with Gasteiger partial charge in [-0.25, -0.2) is 0 Å². The van der Waals surface area contributed by atoms with E-state index in [-0.39, 0.29) is 24.0 Å². The van der Waals surface area contributed by atoms with Gasteiger partial charge >= 0.3 is 0 Å². The van der Waals surface area contributed by atoms with E-state index in [1.807, 2.05) is 12.1 Å². The van der Waals surface area contributed by atoms with Crippen LogP contribution < -0.4 is 10.1 Å². The fourth-order valence-corrected chi connectivity index (χ4v) is 2.86. The predicted octanol–water partition coefficient (Wildman–Crippen LogP) is 2.96. The molecule has 4 nitrogen and oxygen atoms in total. The molecule has 2 rings (SSSR count). The van der Waals surface area contributed by atoms with Crippen LogP contribution in [0.25, 0.3) is 0 Å². The van der Waals surface area contributed by atoms with Gasteiger partial charge in [0, 0.05) is 19.1 Å². The number of amides is 1. The first kappa shape index (κ1) is 17.8. The van der Waals surface area contributed by atoms with Crippen molar-refractivity contribution in [1.82, 2.24) is 10.2 Å². The normalized spacial score (nSPS) is 17.0. The zero-order chi connectivity index (χ0) is 16.9. The first-order valence-corrected chi connectivity index (χ1v) is 8.63. The second-order valence-electron chi connectivity index (χ2n) is 7.34. The number of hydrogen-bond acceptors (Lipinski definition) is 3. The molecule has 1 fully saturated rings. The summed E-state index contributed by atoms with van der Waals surface area (Å²) in [5.41, 5.74) is 1.39. The first-order valence-electron chi connectivity index (χ1n) is 8.63. The Labute approximate surface area is 140 Å². The van der Waals surface area contributed by atoms with Crippen molar-refractivity contribution in [2.24, 2.45) is 0 Å². The van der Waals surface area contributed by atoms with Crippen molar-refractivity contribution in [2.75, 3.05) is 26.2 Å². The summed E-state index contributed by atoms with van der Waals surface area (Å²) < 4.78 is 5.60. The molecule has 1 aliphatic heterocycles. The van der Waals surface area contributed by atoms with Gasteiger partial charge < -0.3 is 15.0 Å². The van der Waals surface area contributed by atoms with Gasteiger partial charge in [-0.3, -0.25) is 4.79 Å². The SMILES string of the molecule is CCN1CCC(NC(=O)COc2ccc(C(C)(C)C)cc2)CC1. The Hall–Kier alpha value is -1.55. The number of carbonyl (C=O) groups excluding carboxylic acids is 1. The van der Waals surface area contributed by atoms with Gasteiger partial charge in [-0.2, -0.15) is 0 Å². The summed E-state index contributed by atoms with van der Waals surface area (Å²) in [6.07, 6.45) is 2.06. The van der Waals surface area contributed by atoms with Crippen LogP contribution in [0, 0.1) is 0 Å². The van der Waals surface area contributed by atoms with Crippen molar-refractivity contribution in [3.05, 3.63) is 29.8 Å². The minimum Gasteiger partial charge on any atom is -0.484 e. The summed E-state index contributed by atoms with van der Waals surface area (Å²) in [5, 5.41) is 3.08. The Bertz CT molecular complexity index is 497. The van der Waals surface area contributed by atoms with E-state index in [2.05, 4.69) is 50.0 Å². The summed E-state index contributed by atoms with van der Waals surface area (Å²) in [5.74, 6) is 0.716. The Balaban J connectivity index is 1.74. The molecule has 128 valence electrons. The van der Waals surface area contributed by atoms with E-state index in [4.69, 9.17) is 4.74 Å². The van der Waals surface area contributed by atoms with Crippen molar-refractivity contribution in [3.8, 4) is 5.75 Å². The van der Waals surface area contributed by atoms with Gasteiger partial charge in [0.2, 0.25) is 0 Å². The van der Waals surface area contributed by atoms with Crippen LogP contribution in [-0.2, 0) is 10.2 Å². The van der Waals surface area contributed by atoms with Crippen molar-refractivity contribution in [3.63, 3.8) is 0 Å². The standard InChI is InChI=1S/C19H30N2O2/c1-5-21-12-10-16(11-13-21)20-18(22)14-23-17-8-6-15(7-9-17)19(2,3)4/h6-9,16H,5,10-14H2,1-4H3,(H,20,22). The second kappa shape index (κ2) is 7.82. The predicted molar refractivity (Wildman–Crippen MR) is 93.9 cm³/mol. The van der Waals surface area contributed by atoms with E-state index in [0.29, 0.717) is 0 Å². The average Bonchev–Trinajstić information content (AvgIpc) is 2.53. The zero-order valence-electron chi connectivity index (χ0n) is 14.9. The number of likely N-dealkylation sites (tertiary alicyclic amines) is 1. The number of benzene rings is 1. The van der Waals surface area contributed by atoms with Gasteiger partial charge in [-0.05, 0) is 42.5 Å². The maximum atomic E-state index is 12.0. The average molecular weight is 318 g/mol. The van der Waals surface area contributed by atoms with E-state index in [1.54, 1.807) is 0 Å². The fraction of sp³-hybridized carbons (Fsp3) is 0.632. The number of piperidine rings is 1. The lowest BCUT2D eigenvalue weighted by molar-refractivity contribution is -0.124. The smallest absolute Gasteiger partial charge is 0.258 e. The molecule has 1 saturated heterocycles. The summed E-state index contributed by atoms with van der Waals surface area (Å²) in [4.78, 5) is 14.4. The molecule has 0 radical (unpaired) electrons. The van der Waals surface area contributed by atoms with Gasteiger partial charge in [0.25, 0.3) is 5.91 Å². The van der Waals surface area contributed by atoms with Crippen LogP contribution in [0.2, 0.25) is 0 Å². The number of carbonyl (C=O) groups is 1. The van der Waals surface area contributed by atoms with Crippen LogP contribution in [-0.4, -0.2) is 43.1 Å². The molecule has 1 heterocycles. The third-order valence-corrected chi connectivity index (χ3v) is 4.49. The third-order valence-electron chi connectivity index (χ3n) is 4.49. The maximum absolute atomic E-state index is 12.0. The quantitative estimate of drug-likeness (QED) is 0.907. The lowest BCUT2D eigenvalue weighted by Crippen LogP contribution is -2.45. The van der Waals surface area contributed by atoms with Gasteiger partial charge in [0.1, 0.15) is 5.75 Å². The van der Waals surface area contributed by atoms with E-state index in [9.17, 15) is 4.79 Å². The summed E-state index contributed by atoms with van der Waals surface area (Å²) >= 11 is 0. The van der Waals surface area contributed by atoms with Crippen molar-refractivity contribution >= 4 is 5.91 Å². The number of ether oxygens (including phenoxy) is 1. The van der Waals surface area contributed by atoms with Crippen LogP contribution in [0.5, 0.6) is 5.75 Å². The molecule has 1 N–H and O–H groups in total. The highest BCUT2D eigenvalue weighted by Gasteiger charge is 2.19. The van der Waals surface area contributed by atoms with Gasteiger partial charge in [0.05, 0.1) is 0 Å². The second-order valence-corrected chi connectivity index (χ2v) is 7.34. The molecule has 1 aromatic rings. The monoisotopic (exact) mass is 318 g/mol. The maximum Gasteiger partial charge on any atom is 0.258 e. The molecule has 1 aliphatic rings. The van der Waals surface area contributed by atoms with Crippen LogP contribution in [0.4, 0.5) is 0 Å². The fourth-order valence-electron chi connectivity index (χ4n) is 2.86. The van der Waals surface area contributed by atoms with Crippen molar-refractivity contribution < 1.29 is 9.53 Å². The number of nitrogens with zero attached hydrogens (tertiary/aromatic N) is 1. The minimum absolute atomic E-state index is 0.0279. The highest BCUT2D eigenvalue weighted by atomic mass is 16.5. The first-order chi connectivity index (χ1) is 10.9. The highest BCUT2D eigenvalue weighted by Crippen LogP contribution is 2.24. The van der Waals surface area contributed by atoms with E-state index < -0.39 is 0 Å². The van der Waals surface area contributed by atoms with Crippen LogP contribution in [0.15, 0.2) is 24.3 Å². The molecule has 1 amide bonds. The van der Waals surface area contributed by atoms with Crippen LogP contribution in [0.3, 0.4) is 0 Å². The largest absolute Gasteiger partial charge is 0.484 e. The van der Waals surface area contributed by atoms with Crippen LogP contribution in [0.1, 0.15) is 46.1 Å². The van der Waals surface area contributed by atoms with E-state index in [1.165, 1.54) is 5.56 Å². The van der Waals surface area contributed by atoms with Crippen molar-refractivity contribution in [2.45, 2.75) is 52.0 Å². The molecule has 0 bridgehead atoms. The molecule has 0 unspecified atom stereocenters. The number of rotatable bonds is 5. The number of hydrogen-bond donors (Lipinski definition) is 1. The zero-order valence-corrected chi connectivity index (χ0v) is 14.9. The highest BCUT2D eigenvalue weighted by molar-refractivity contribution is 5.77. The van der Waals surface area contributed by atoms with Gasteiger partial charge in [-0.1, -0.05) is 39.8 Å². The molecule has 0 aromatic heterocycles. The molecule has 0 atom stereocenters. The molecule has 23 heavy (non-hydrogen) atoms. The summed E-state index contributed by atoms with van der Waals surface area (Å²) in [7, 11) is 0. The molecule has 0 spiro atoms. The van der Waals surface area contributed by atoms with E-state index >= 15 is 0 Å². The van der Waals surface area contributed by atoms with Gasteiger partial charge in [0.15, 0.2) is 6.61 Å². The summed E-state index contributed by atoms with van der Waals surface area (Å²) in [6.45, 7) is 12.0. The molecule has 1 aromatic carbocycles. The Morgan fingerprint density at radius 3 is 2.35 bits per heavy atom. The lowest BCUT2D eigenvalue weighted by atomic mass is 9.87. The Morgan fingerprint density at radius 1 is 1.22 bits per heavy atom. The third kappa shape index (κ3) is 5.54. The Morgan fingerprint density at radius 2 is 1.83 bits per heavy atom. The van der Waals surface area contributed by atoms with Crippen molar-refractivity contribution in [1.29, 1.82) is 0 Å². The minimum atomic E-state index is -0.0279. The summed E-state index contributed by atoms with van der Waals surface area (Å²) in [6, 6.07) is 8.29. The number of nitrogens with one attached hydrogen (secondary N) is 1. The molecule has 4 heteroatoms. The lowest BCUT2D eigenvalue weighted by Gasteiger charge is -2.31.